The fourth-order valence-corrected chi connectivity index (χ4v) is 1.99. The SMILES string of the molecule is CC(NC(=O)c1cc(Cl)nnc1Cl)c1cccc(O)c1. The molecule has 0 fully saturated rings. The molecule has 2 rings (SSSR count). The third-order valence-corrected chi connectivity index (χ3v) is 3.15. The summed E-state index contributed by atoms with van der Waals surface area (Å²) < 4.78 is 0. The van der Waals surface area contributed by atoms with E-state index in [1.165, 1.54) is 6.07 Å². The minimum absolute atomic E-state index is 0.0185. The van der Waals surface area contributed by atoms with Gasteiger partial charge in [0.2, 0.25) is 0 Å². The molecule has 7 heteroatoms. The molecule has 0 aliphatic carbocycles. The molecule has 0 saturated heterocycles. The van der Waals surface area contributed by atoms with Crippen molar-refractivity contribution < 1.29 is 9.90 Å². The van der Waals surface area contributed by atoms with Gasteiger partial charge in [-0.25, -0.2) is 0 Å². The average molecular weight is 312 g/mol. The fourth-order valence-electron chi connectivity index (χ4n) is 1.66. The van der Waals surface area contributed by atoms with Crippen molar-refractivity contribution in [2.75, 3.05) is 0 Å². The summed E-state index contributed by atoms with van der Waals surface area (Å²) in [5.74, 6) is -0.280. The number of phenols is 1. The highest BCUT2D eigenvalue weighted by atomic mass is 35.5. The Bertz CT molecular complexity index is 649. The van der Waals surface area contributed by atoms with E-state index in [4.69, 9.17) is 23.2 Å². The van der Waals surface area contributed by atoms with Crippen molar-refractivity contribution >= 4 is 29.1 Å². The predicted octanol–water partition coefficient (Wildman–Crippen LogP) is 2.98. The predicted molar refractivity (Wildman–Crippen MR) is 76.0 cm³/mol. The van der Waals surface area contributed by atoms with Crippen LogP contribution in [0.15, 0.2) is 30.3 Å². The topological polar surface area (TPSA) is 75.1 Å². The summed E-state index contributed by atoms with van der Waals surface area (Å²) in [5.41, 5.74) is 0.918. The van der Waals surface area contributed by atoms with Gasteiger partial charge in [-0.3, -0.25) is 4.79 Å². The van der Waals surface area contributed by atoms with Crippen LogP contribution in [0.25, 0.3) is 0 Å². The molecular formula is C13H11Cl2N3O2. The van der Waals surface area contributed by atoms with E-state index in [-0.39, 0.29) is 27.7 Å². The summed E-state index contributed by atoms with van der Waals surface area (Å²) >= 11 is 11.5. The van der Waals surface area contributed by atoms with Gasteiger partial charge in [0.15, 0.2) is 10.3 Å². The molecule has 1 aromatic heterocycles. The number of amides is 1. The second kappa shape index (κ2) is 6.07. The first kappa shape index (κ1) is 14.6. The van der Waals surface area contributed by atoms with Gasteiger partial charge in [-0.05, 0) is 30.7 Å². The fraction of sp³-hybridized carbons (Fsp3) is 0.154. The molecule has 1 aromatic carbocycles. The van der Waals surface area contributed by atoms with Gasteiger partial charge < -0.3 is 10.4 Å². The minimum Gasteiger partial charge on any atom is -0.508 e. The van der Waals surface area contributed by atoms with Crippen molar-refractivity contribution in [2.45, 2.75) is 13.0 Å². The summed E-state index contributed by atoms with van der Waals surface area (Å²) in [6.07, 6.45) is 0. The van der Waals surface area contributed by atoms with E-state index in [9.17, 15) is 9.90 Å². The van der Waals surface area contributed by atoms with Crippen LogP contribution in [0.3, 0.4) is 0 Å². The van der Waals surface area contributed by atoms with Crippen molar-refractivity contribution in [2.24, 2.45) is 0 Å². The lowest BCUT2D eigenvalue weighted by Gasteiger charge is -2.14. The quantitative estimate of drug-likeness (QED) is 0.913. The molecule has 0 aliphatic heterocycles. The lowest BCUT2D eigenvalue weighted by molar-refractivity contribution is 0.0939. The Kier molecular flexibility index (Phi) is 4.42. The van der Waals surface area contributed by atoms with E-state index < -0.39 is 5.91 Å². The van der Waals surface area contributed by atoms with Crippen LogP contribution in [-0.4, -0.2) is 21.2 Å². The lowest BCUT2D eigenvalue weighted by Crippen LogP contribution is -2.27. The van der Waals surface area contributed by atoms with Crippen LogP contribution in [0.4, 0.5) is 0 Å². The molecular weight excluding hydrogens is 301 g/mol. The second-order valence-corrected chi connectivity index (χ2v) is 4.91. The van der Waals surface area contributed by atoms with Gasteiger partial charge in [0.25, 0.3) is 5.91 Å². The molecule has 1 heterocycles. The molecule has 0 spiro atoms. The van der Waals surface area contributed by atoms with Crippen LogP contribution in [0.2, 0.25) is 10.3 Å². The minimum atomic E-state index is -0.414. The van der Waals surface area contributed by atoms with Crippen molar-refractivity contribution in [1.82, 2.24) is 15.5 Å². The first-order valence-corrected chi connectivity index (χ1v) is 6.51. The summed E-state index contributed by atoms with van der Waals surface area (Å²) in [4.78, 5) is 12.1. The van der Waals surface area contributed by atoms with Gasteiger partial charge in [0.05, 0.1) is 11.6 Å². The van der Waals surface area contributed by atoms with Gasteiger partial charge in [-0.2, -0.15) is 0 Å². The monoisotopic (exact) mass is 311 g/mol. The third-order valence-electron chi connectivity index (χ3n) is 2.68. The lowest BCUT2D eigenvalue weighted by atomic mass is 10.1. The Morgan fingerprint density at radius 2 is 2.05 bits per heavy atom. The number of phenolic OH excluding ortho intramolecular Hbond substituents is 1. The number of benzene rings is 1. The zero-order chi connectivity index (χ0) is 14.7. The molecule has 0 bridgehead atoms. The molecule has 0 saturated carbocycles. The van der Waals surface area contributed by atoms with Crippen molar-refractivity contribution in [3.63, 3.8) is 0 Å². The van der Waals surface area contributed by atoms with Gasteiger partial charge in [0.1, 0.15) is 5.75 Å². The van der Waals surface area contributed by atoms with E-state index in [1.807, 2.05) is 0 Å². The second-order valence-electron chi connectivity index (χ2n) is 4.16. The number of aromatic hydroxyl groups is 1. The normalized spacial score (nSPS) is 11.9. The smallest absolute Gasteiger partial charge is 0.255 e. The summed E-state index contributed by atoms with van der Waals surface area (Å²) in [5, 5.41) is 19.4. The number of nitrogens with zero attached hydrogens (tertiary/aromatic N) is 2. The maximum absolute atomic E-state index is 12.1. The van der Waals surface area contributed by atoms with Gasteiger partial charge >= 0.3 is 0 Å². The van der Waals surface area contributed by atoms with Crippen molar-refractivity contribution in [3.05, 3.63) is 51.8 Å². The molecule has 0 radical (unpaired) electrons. The Morgan fingerprint density at radius 1 is 1.30 bits per heavy atom. The van der Waals surface area contributed by atoms with E-state index >= 15 is 0 Å². The number of aromatic nitrogens is 2. The highest BCUT2D eigenvalue weighted by Gasteiger charge is 2.16. The Labute approximate surface area is 125 Å². The first-order valence-electron chi connectivity index (χ1n) is 5.76. The molecule has 20 heavy (non-hydrogen) atoms. The highest BCUT2D eigenvalue weighted by molar-refractivity contribution is 6.34. The highest BCUT2D eigenvalue weighted by Crippen LogP contribution is 2.20. The molecule has 5 nitrogen and oxygen atoms in total. The Hall–Kier alpha value is -1.85. The average Bonchev–Trinajstić information content (AvgIpc) is 2.41. The molecule has 1 unspecified atom stereocenters. The van der Waals surface area contributed by atoms with E-state index in [1.54, 1.807) is 31.2 Å². The van der Waals surface area contributed by atoms with Gasteiger partial charge in [-0.15, -0.1) is 10.2 Å². The number of hydrogen-bond donors (Lipinski definition) is 2. The van der Waals surface area contributed by atoms with E-state index in [2.05, 4.69) is 15.5 Å². The van der Waals surface area contributed by atoms with Crippen LogP contribution in [0, 0.1) is 0 Å². The summed E-state index contributed by atoms with van der Waals surface area (Å²) in [6, 6.07) is 7.67. The van der Waals surface area contributed by atoms with Crippen molar-refractivity contribution in [3.8, 4) is 5.75 Å². The van der Waals surface area contributed by atoms with Crippen LogP contribution in [0.5, 0.6) is 5.75 Å². The zero-order valence-electron chi connectivity index (χ0n) is 10.5. The van der Waals surface area contributed by atoms with Gasteiger partial charge in [0, 0.05) is 0 Å². The largest absolute Gasteiger partial charge is 0.508 e. The summed E-state index contributed by atoms with van der Waals surface area (Å²) in [7, 11) is 0. The van der Waals surface area contributed by atoms with Crippen LogP contribution in [0.1, 0.15) is 28.9 Å². The zero-order valence-corrected chi connectivity index (χ0v) is 12.0. The number of hydrogen-bond acceptors (Lipinski definition) is 4. The number of rotatable bonds is 3. The first-order chi connectivity index (χ1) is 9.47. The Morgan fingerprint density at radius 3 is 2.75 bits per heavy atom. The van der Waals surface area contributed by atoms with Crippen LogP contribution < -0.4 is 5.32 Å². The van der Waals surface area contributed by atoms with Crippen LogP contribution >= 0.6 is 23.2 Å². The molecule has 2 N–H and O–H groups in total. The molecule has 1 atom stereocenters. The number of carbonyl (C=O) groups is 1. The number of carbonyl (C=O) groups excluding carboxylic acids is 1. The number of halogens is 2. The third kappa shape index (κ3) is 3.37. The standard InChI is InChI=1S/C13H11Cl2N3O2/c1-7(8-3-2-4-9(19)5-8)16-13(20)10-6-11(14)17-18-12(10)15/h2-7,19H,1H3,(H,16,20). The maximum atomic E-state index is 12.1. The van der Waals surface area contributed by atoms with Gasteiger partial charge in [-0.1, -0.05) is 35.3 Å². The molecule has 0 aliphatic rings. The Balaban J connectivity index is 2.17. The maximum Gasteiger partial charge on any atom is 0.255 e. The molecule has 104 valence electrons. The summed E-state index contributed by atoms with van der Waals surface area (Å²) in [6.45, 7) is 1.79. The van der Waals surface area contributed by atoms with E-state index in [0.29, 0.717) is 0 Å². The molecule has 1 amide bonds. The van der Waals surface area contributed by atoms with Crippen molar-refractivity contribution in [1.29, 1.82) is 0 Å². The molecule has 2 aromatic rings. The van der Waals surface area contributed by atoms with Crippen LogP contribution in [-0.2, 0) is 0 Å². The number of nitrogens with one attached hydrogen (secondary N) is 1. The van der Waals surface area contributed by atoms with E-state index in [0.717, 1.165) is 5.56 Å².